The van der Waals surface area contributed by atoms with Crippen molar-refractivity contribution in [3.8, 4) is 5.75 Å². The van der Waals surface area contributed by atoms with Crippen LogP contribution in [0.3, 0.4) is 0 Å². The number of likely N-dealkylation sites (tertiary alicyclic amines) is 1. The summed E-state index contributed by atoms with van der Waals surface area (Å²) in [6.07, 6.45) is 2.31. The van der Waals surface area contributed by atoms with Crippen LogP contribution in [0.2, 0.25) is 0 Å². The number of amides is 1. The van der Waals surface area contributed by atoms with E-state index in [0.29, 0.717) is 19.0 Å². The molecule has 0 radical (unpaired) electrons. The number of ether oxygens (including phenoxy) is 1. The Morgan fingerprint density at radius 1 is 1.33 bits per heavy atom. The first-order chi connectivity index (χ1) is 12.9. The number of pyridine rings is 1. The van der Waals surface area contributed by atoms with Gasteiger partial charge in [-0.25, -0.2) is 4.98 Å². The van der Waals surface area contributed by atoms with Crippen molar-refractivity contribution in [3.05, 3.63) is 42.0 Å². The molecule has 0 aliphatic carbocycles. The van der Waals surface area contributed by atoms with E-state index >= 15 is 0 Å². The SMILES string of the molecule is CCn1cc(C2CCN(C(=O)c3ncccc3OCC(F)(F)F)CC2)cn1. The number of aromatic nitrogens is 3. The van der Waals surface area contributed by atoms with Gasteiger partial charge < -0.3 is 9.64 Å². The molecule has 146 valence electrons. The predicted molar refractivity (Wildman–Crippen MR) is 91.6 cm³/mol. The Kier molecular flexibility index (Phi) is 5.67. The molecule has 1 aliphatic rings. The second-order valence-electron chi connectivity index (χ2n) is 6.45. The lowest BCUT2D eigenvalue weighted by molar-refractivity contribution is -0.153. The number of hydrogen-bond donors (Lipinski definition) is 0. The molecule has 0 saturated carbocycles. The van der Waals surface area contributed by atoms with Crippen LogP contribution in [0.4, 0.5) is 13.2 Å². The van der Waals surface area contributed by atoms with E-state index < -0.39 is 18.7 Å². The summed E-state index contributed by atoms with van der Waals surface area (Å²) in [6.45, 7) is 2.38. The average Bonchev–Trinajstić information content (AvgIpc) is 3.15. The molecule has 1 fully saturated rings. The van der Waals surface area contributed by atoms with E-state index in [-0.39, 0.29) is 11.4 Å². The van der Waals surface area contributed by atoms with E-state index in [2.05, 4.69) is 10.1 Å². The molecular weight excluding hydrogens is 361 g/mol. The second-order valence-corrected chi connectivity index (χ2v) is 6.45. The van der Waals surface area contributed by atoms with Crippen LogP contribution in [0, 0.1) is 0 Å². The van der Waals surface area contributed by atoms with Crippen LogP contribution in [0.1, 0.15) is 41.7 Å². The molecule has 3 heterocycles. The zero-order chi connectivity index (χ0) is 19.4. The number of carbonyl (C=O) groups is 1. The fraction of sp³-hybridized carbons (Fsp3) is 0.500. The van der Waals surface area contributed by atoms with E-state index in [0.717, 1.165) is 24.9 Å². The summed E-state index contributed by atoms with van der Waals surface area (Å²) < 4.78 is 43.9. The van der Waals surface area contributed by atoms with Crippen LogP contribution < -0.4 is 4.74 Å². The van der Waals surface area contributed by atoms with Crippen molar-refractivity contribution in [2.75, 3.05) is 19.7 Å². The molecule has 0 N–H and O–H groups in total. The Balaban J connectivity index is 1.64. The minimum absolute atomic E-state index is 0.0843. The van der Waals surface area contributed by atoms with Crippen molar-refractivity contribution in [1.82, 2.24) is 19.7 Å². The predicted octanol–water partition coefficient (Wildman–Crippen LogP) is 3.26. The van der Waals surface area contributed by atoms with Gasteiger partial charge in [-0.05, 0) is 43.4 Å². The molecule has 2 aromatic rings. The lowest BCUT2D eigenvalue weighted by atomic mass is 9.91. The van der Waals surface area contributed by atoms with Crippen LogP contribution in [-0.2, 0) is 6.54 Å². The molecule has 3 rings (SSSR count). The molecule has 0 bridgehead atoms. The Hall–Kier alpha value is -2.58. The zero-order valence-electron chi connectivity index (χ0n) is 14.9. The van der Waals surface area contributed by atoms with Crippen molar-refractivity contribution in [2.24, 2.45) is 0 Å². The van der Waals surface area contributed by atoms with Gasteiger partial charge in [-0.1, -0.05) is 0 Å². The van der Waals surface area contributed by atoms with Crippen LogP contribution >= 0.6 is 0 Å². The highest BCUT2D eigenvalue weighted by molar-refractivity contribution is 5.95. The van der Waals surface area contributed by atoms with Crippen LogP contribution in [0.15, 0.2) is 30.7 Å². The number of halogens is 3. The van der Waals surface area contributed by atoms with E-state index in [4.69, 9.17) is 4.74 Å². The van der Waals surface area contributed by atoms with Gasteiger partial charge in [0.05, 0.1) is 6.20 Å². The first kappa shape index (κ1) is 19.2. The number of carbonyl (C=O) groups excluding carboxylic acids is 1. The van der Waals surface area contributed by atoms with Gasteiger partial charge >= 0.3 is 6.18 Å². The van der Waals surface area contributed by atoms with Gasteiger partial charge in [0.25, 0.3) is 5.91 Å². The van der Waals surface area contributed by atoms with Gasteiger partial charge in [-0.15, -0.1) is 0 Å². The molecule has 1 aliphatic heterocycles. The van der Waals surface area contributed by atoms with Gasteiger partial charge in [0, 0.05) is 32.0 Å². The van der Waals surface area contributed by atoms with Gasteiger partial charge in [-0.2, -0.15) is 18.3 Å². The Morgan fingerprint density at radius 2 is 2.07 bits per heavy atom. The maximum absolute atomic E-state index is 12.7. The third-order valence-corrected chi connectivity index (χ3v) is 4.60. The molecule has 27 heavy (non-hydrogen) atoms. The summed E-state index contributed by atoms with van der Waals surface area (Å²) in [5.41, 5.74) is 1.06. The maximum atomic E-state index is 12.7. The smallest absolute Gasteiger partial charge is 0.422 e. The highest BCUT2D eigenvalue weighted by Crippen LogP contribution is 2.29. The van der Waals surface area contributed by atoms with E-state index in [9.17, 15) is 18.0 Å². The Bertz CT molecular complexity index is 783. The molecule has 0 unspecified atom stereocenters. The average molecular weight is 382 g/mol. The molecule has 0 aromatic carbocycles. The molecule has 0 spiro atoms. The first-order valence-electron chi connectivity index (χ1n) is 8.83. The van der Waals surface area contributed by atoms with Crippen molar-refractivity contribution in [2.45, 2.75) is 38.4 Å². The summed E-state index contributed by atoms with van der Waals surface area (Å²) >= 11 is 0. The van der Waals surface area contributed by atoms with Crippen molar-refractivity contribution in [1.29, 1.82) is 0 Å². The number of nitrogens with zero attached hydrogens (tertiary/aromatic N) is 4. The zero-order valence-corrected chi connectivity index (χ0v) is 14.9. The highest BCUT2D eigenvalue weighted by atomic mass is 19.4. The third kappa shape index (κ3) is 4.78. The lowest BCUT2D eigenvalue weighted by Gasteiger charge is -2.31. The molecular formula is C18H21F3N4O2. The van der Waals surface area contributed by atoms with Crippen molar-refractivity contribution in [3.63, 3.8) is 0 Å². The lowest BCUT2D eigenvalue weighted by Crippen LogP contribution is -2.38. The van der Waals surface area contributed by atoms with Crippen molar-refractivity contribution < 1.29 is 22.7 Å². The van der Waals surface area contributed by atoms with Crippen LogP contribution in [0.25, 0.3) is 0 Å². The second kappa shape index (κ2) is 7.98. The maximum Gasteiger partial charge on any atom is 0.422 e. The molecule has 1 saturated heterocycles. The first-order valence-corrected chi connectivity index (χ1v) is 8.83. The normalized spacial score (nSPS) is 15.8. The summed E-state index contributed by atoms with van der Waals surface area (Å²) in [5.74, 6) is -0.235. The largest absolute Gasteiger partial charge is 0.482 e. The van der Waals surface area contributed by atoms with E-state index in [1.54, 1.807) is 4.90 Å². The topological polar surface area (TPSA) is 60.2 Å². The van der Waals surface area contributed by atoms with Gasteiger partial charge in [-0.3, -0.25) is 9.48 Å². The third-order valence-electron chi connectivity index (χ3n) is 4.60. The minimum atomic E-state index is -4.47. The van der Waals surface area contributed by atoms with Gasteiger partial charge in [0.15, 0.2) is 18.1 Å². The van der Waals surface area contributed by atoms with Crippen LogP contribution in [-0.4, -0.2) is 51.4 Å². The number of piperidine rings is 1. The molecule has 6 nitrogen and oxygen atoms in total. The highest BCUT2D eigenvalue weighted by Gasteiger charge is 2.31. The molecule has 9 heteroatoms. The quantitative estimate of drug-likeness (QED) is 0.797. The van der Waals surface area contributed by atoms with Gasteiger partial charge in [0.2, 0.25) is 0 Å². The standard InChI is InChI=1S/C18H21F3N4O2/c1-2-25-11-14(10-23-25)13-5-8-24(9-6-13)17(26)16-15(4-3-7-22-16)27-12-18(19,20)21/h3-4,7,10-11,13H,2,5-6,8-9,12H2,1H3. The van der Waals surface area contributed by atoms with E-state index in [1.165, 1.54) is 18.3 Å². The summed E-state index contributed by atoms with van der Waals surface area (Å²) in [4.78, 5) is 18.3. The van der Waals surface area contributed by atoms with E-state index in [1.807, 2.05) is 24.0 Å². The Labute approximate surface area is 154 Å². The van der Waals surface area contributed by atoms with Gasteiger partial charge in [0.1, 0.15) is 0 Å². The molecule has 0 atom stereocenters. The summed E-state index contributed by atoms with van der Waals surface area (Å²) in [7, 11) is 0. The number of aryl methyl sites for hydroxylation is 1. The minimum Gasteiger partial charge on any atom is -0.482 e. The molecule has 1 amide bonds. The fourth-order valence-electron chi connectivity index (χ4n) is 3.16. The van der Waals surface area contributed by atoms with Crippen molar-refractivity contribution >= 4 is 5.91 Å². The number of alkyl halides is 3. The number of rotatable bonds is 5. The monoisotopic (exact) mass is 382 g/mol. The van der Waals surface area contributed by atoms with Crippen LogP contribution in [0.5, 0.6) is 5.75 Å². The number of hydrogen-bond acceptors (Lipinski definition) is 4. The fourth-order valence-corrected chi connectivity index (χ4v) is 3.16. The Morgan fingerprint density at radius 3 is 2.70 bits per heavy atom. The summed E-state index contributed by atoms with van der Waals surface area (Å²) in [6, 6.07) is 2.78. The molecule has 2 aromatic heterocycles. The summed E-state index contributed by atoms with van der Waals surface area (Å²) in [5, 5.41) is 4.28.